The van der Waals surface area contributed by atoms with E-state index in [1.54, 1.807) is 0 Å². The van der Waals surface area contributed by atoms with Crippen molar-refractivity contribution in [2.75, 3.05) is 11.5 Å². The van der Waals surface area contributed by atoms with E-state index >= 15 is 0 Å². The number of aromatic amines is 1. The number of nitrogen functional groups attached to an aromatic ring is 2. The van der Waals surface area contributed by atoms with Crippen molar-refractivity contribution in [2.45, 2.75) is 0 Å². The van der Waals surface area contributed by atoms with Crippen LogP contribution in [0.15, 0.2) is 33.9 Å². The molecule has 1 aromatic heterocycles. The molecule has 2 rings (SSSR count). The molecule has 6 nitrogen and oxygen atoms in total. The van der Waals surface area contributed by atoms with Crippen molar-refractivity contribution in [2.24, 2.45) is 0 Å². The molecule has 0 saturated carbocycles. The largest absolute Gasteiger partial charge is 0.391 e. The second kappa shape index (κ2) is 3.78. The van der Waals surface area contributed by atoms with Crippen LogP contribution in [0.2, 0.25) is 0 Å². The van der Waals surface area contributed by atoms with E-state index < -0.39 is 17.1 Å². The standard InChI is InChI=1S/C10H9FN4O2/c11-5-1-3-6(4-2-5)15-8(13)7(12)9(16)14-10(15)17/h1-4H,12-13H2,(H,14,16,17). The molecule has 0 aliphatic carbocycles. The fourth-order valence-corrected chi connectivity index (χ4v) is 1.41. The predicted molar refractivity (Wildman–Crippen MR) is 61.4 cm³/mol. The van der Waals surface area contributed by atoms with E-state index in [2.05, 4.69) is 0 Å². The van der Waals surface area contributed by atoms with Gasteiger partial charge < -0.3 is 11.5 Å². The molecular weight excluding hydrogens is 227 g/mol. The molecule has 0 radical (unpaired) electrons. The summed E-state index contributed by atoms with van der Waals surface area (Å²) < 4.78 is 13.7. The van der Waals surface area contributed by atoms with Crippen LogP contribution in [0.4, 0.5) is 15.9 Å². The van der Waals surface area contributed by atoms with Gasteiger partial charge in [-0.25, -0.2) is 13.8 Å². The third-order valence-electron chi connectivity index (χ3n) is 2.27. The topological polar surface area (TPSA) is 107 Å². The van der Waals surface area contributed by atoms with Crippen molar-refractivity contribution in [1.82, 2.24) is 9.55 Å². The highest BCUT2D eigenvalue weighted by atomic mass is 19.1. The first-order valence-electron chi connectivity index (χ1n) is 4.67. The Kier molecular flexibility index (Phi) is 2.43. The molecule has 0 bridgehead atoms. The molecule has 0 amide bonds. The molecule has 0 aliphatic heterocycles. The minimum Gasteiger partial charge on any atom is -0.391 e. The van der Waals surface area contributed by atoms with Crippen LogP contribution < -0.4 is 22.7 Å². The van der Waals surface area contributed by atoms with E-state index in [4.69, 9.17) is 11.5 Å². The molecule has 1 heterocycles. The number of anilines is 2. The van der Waals surface area contributed by atoms with Gasteiger partial charge in [-0.2, -0.15) is 0 Å². The Hall–Kier alpha value is -2.57. The molecular formula is C10H9FN4O2. The van der Waals surface area contributed by atoms with Gasteiger partial charge in [0.1, 0.15) is 17.3 Å². The van der Waals surface area contributed by atoms with Gasteiger partial charge in [-0.15, -0.1) is 0 Å². The van der Waals surface area contributed by atoms with Gasteiger partial charge in [0.2, 0.25) is 0 Å². The van der Waals surface area contributed by atoms with Gasteiger partial charge in [-0.05, 0) is 24.3 Å². The zero-order chi connectivity index (χ0) is 12.6. The summed E-state index contributed by atoms with van der Waals surface area (Å²) in [5, 5.41) is 0. The third kappa shape index (κ3) is 1.78. The summed E-state index contributed by atoms with van der Waals surface area (Å²) >= 11 is 0. The average molecular weight is 236 g/mol. The van der Waals surface area contributed by atoms with Crippen molar-refractivity contribution in [1.29, 1.82) is 0 Å². The van der Waals surface area contributed by atoms with Gasteiger partial charge in [-0.3, -0.25) is 9.78 Å². The maximum absolute atomic E-state index is 12.7. The molecule has 0 unspecified atom stereocenters. The summed E-state index contributed by atoms with van der Waals surface area (Å²) in [6.45, 7) is 0. The Bertz CT molecular complexity index is 672. The van der Waals surface area contributed by atoms with Crippen molar-refractivity contribution in [3.05, 3.63) is 50.9 Å². The maximum Gasteiger partial charge on any atom is 0.334 e. The second-order valence-corrected chi connectivity index (χ2v) is 3.37. The zero-order valence-electron chi connectivity index (χ0n) is 8.61. The summed E-state index contributed by atoms with van der Waals surface area (Å²) in [6.07, 6.45) is 0. The summed E-state index contributed by atoms with van der Waals surface area (Å²) in [7, 11) is 0. The quantitative estimate of drug-likeness (QED) is 0.638. The van der Waals surface area contributed by atoms with E-state index in [1.165, 1.54) is 24.3 Å². The summed E-state index contributed by atoms with van der Waals surface area (Å²) in [5.41, 5.74) is 9.58. The summed E-state index contributed by atoms with van der Waals surface area (Å²) in [5.74, 6) is -0.622. The molecule has 0 spiro atoms. The number of nitrogens with zero attached hydrogens (tertiary/aromatic N) is 1. The van der Waals surface area contributed by atoms with Crippen LogP contribution in [-0.4, -0.2) is 9.55 Å². The fraction of sp³-hybridized carbons (Fsp3) is 0. The highest BCUT2D eigenvalue weighted by molar-refractivity contribution is 5.59. The summed E-state index contributed by atoms with van der Waals surface area (Å²) in [6, 6.07) is 5.04. The minimum atomic E-state index is -0.745. The smallest absolute Gasteiger partial charge is 0.334 e. The Morgan fingerprint density at radius 3 is 2.29 bits per heavy atom. The van der Waals surface area contributed by atoms with Gasteiger partial charge in [0, 0.05) is 0 Å². The molecule has 17 heavy (non-hydrogen) atoms. The lowest BCUT2D eigenvalue weighted by Crippen LogP contribution is -2.32. The van der Waals surface area contributed by atoms with E-state index in [0.29, 0.717) is 5.69 Å². The number of hydrogen-bond acceptors (Lipinski definition) is 4. The van der Waals surface area contributed by atoms with Crippen molar-refractivity contribution in [3.8, 4) is 5.69 Å². The first kappa shape index (κ1) is 10.9. The number of hydrogen-bond donors (Lipinski definition) is 3. The molecule has 7 heteroatoms. The molecule has 0 fully saturated rings. The minimum absolute atomic E-state index is 0.176. The number of rotatable bonds is 1. The van der Waals surface area contributed by atoms with Gasteiger partial charge in [0.25, 0.3) is 5.56 Å². The van der Waals surface area contributed by atoms with Crippen molar-refractivity contribution in [3.63, 3.8) is 0 Å². The van der Waals surface area contributed by atoms with Crippen molar-refractivity contribution < 1.29 is 4.39 Å². The molecule has 88 valence electrons. The van der Waals surface area contributed by atoms with Gasteiger partial charge >= 0.3 is 5.69 Å². The Morgan fingerprint density at radius 1 is 1.12 bits per heavy atom. The molecule has 5 N–H and O–H groups in total. The van der Waals surface area contributed by atoms with Gasteiger partial charge in [0.05, 0.1) is 5.69 Å². The van der Waals surface area contributed by atoms with Crippen LogP contribution in [0.25, 0.3) is 5.69 Å². The summed E-state index contributed by atoms with van der Waals surface area (Å²) in [4.78, 5) is 24.8. The van der Waals surface area contributed by atoms with Crippen LogP contribution in [0.3, 0.4) is 0 Å². The fourth-order valence-electron chi connectivity index (χ4n) is 1.41. The molecule has 2 aromatic rings. The Morgan fingerprint density at radius 2 is 1.71 bits per heavy atom. The number of nitrogens with one attached hydrogen (secondary N) is 1. The third-order valence-corrected chi connectivity index (χ3v) is 2.27. The lowest BCUT2D eigenvalue weighted by molar-refractivity contribution is 0.627. The number of benzene rings is 1. The number of nitrogens with two attached hydrogens (primary N) is 2. The van der Waals surface area contributed by atoms with E-state index in [-0.39, 0.29) is 11.5 Å². The SMILES string of the molecule is Nc1c(N)n(-c2ccc(F)cc2)c(=O)[nH]c1=O. The van der Waals surface area contributed by atoms with Crippen LogP contribution in [0.5, 0.6) is 0 Å². The first-order valence-corrected chi connectivity index (χ1v) is 4.67. The van der Waals surface area contributed by atoms with Gasteiger partial charge in [-0.1, -0.05) is 0 Å². The maximum atomic E-state index is 12.7. The number of halogens is 1. The normalized spacial score (nSPS) is 10.4. The van der Waals surface area contributed by atoms with Gasteiger partial charge in [0.15, 0.2) is 0 Å². The monoisotopic (exact) mass is 236 g/mol. The highest BCUT2D eigenvalue weighted by Gasteiger charge is 2.10. The molecule has 0 saturated heterocycles. The second-order valence-electron chi connectivity index (χ2n) is 3.37. The van der Waals surface area contributed by atoms with E-state index in [1.807, 2.05) is 4.98 Å². The number of H-pyrrole nitrogens is 1. The first-order chi connectivity index (χ1) is 8.00. The van der Waals surface area contributed by atoms with Crippen LogP contribution in [0, 0.1) is 5.82 Å². The lowest BCUT2D eigenvalue weighted by Gasteiger charge is -2.09. The Labute approximate surface area is 94.3 Å². The molecule has 1 aromatic carbocycles. The van der Waals surface area contributed by atoms with E-state index in [0.717, 1.165) is 4.57 Å². The molecule has 0 atom stereocenters. The predicted octanol–water partition coefficient (Wildman–Crippen LogP) is -0.171. The average Bonchev–Trinajstić information content (AvgIpc) is 2.29. The number of aromatic nitrogens is 2. The highest BCUT2D eigenvalue weighted by Crippen LogP contribution is 2.13. The Balaban J connectivity index is 2.76. The zero-order valence-corrected chi connectivity index (χ0v) is 8.61. The van der Waals surface area contributed by atoms with E-state index in [9.17, 15) is 14.0 Å². The van der Waals surface area contributed by atoms with Crippen LogP contribution in [-0.2, 0) is 0 Å². The van der Waals surface area contributed by atoms with Crippen molar-refractivity contribution >= 4 is 11.5 Å². The van der Waals surface area contributed by atoms with Crippen LogP contribution in [0.1, 0.15) is 0 Å². The van der Waals surface area contributed by atoms with Crippen LogP contribution >= 0.6 is 0 Å². The molecule has 0 aliphatic rings. The lowest BCUT2D eigenvalue weighted by atomic mass is 10.3.